The third kappa shape index (κ3) is 3.58. The van der Waals surface area contributed by atoms with Crippen molar-refractivity contribution in [3.05, 3.63) is 52.4 Å². The zero-order valence-corrected chi connectivity index (χ0v) is 12.2. The Bertz CT molecular complexity index is 575. The van der Waals surface area contributed by atoms with E-state index in [9.17, 15) is 0 Å². The van der Waals surface area contributed by atoms with Crippen LogP contribution in [0.5, 0.6) is 5.88 Å². The van der Waals surface area contributed by atoms with Gasteiger partial charge in [0.1, 0.15) is 6.33 Å². The van der Waals surface area contributed by atoms with E-state index in [0.29, 0.717) is 17.3 Å². The molecule has 0 amide bonds. The smallest absolute Gasteiger partial charge is 0.216 e. The van der Waals surface area contributed by atoms with E-state index in [4.69, 9.17) is 27.9 Å². The second kappa shape index (κ2) is 6.22. The minimum absolute atomic E-state index is 0.156. The molecule has 0 spiro atoms. The highest BCUT2D eigenvalue weighted by Gasteiger charge is 2.13. The fourth-order valence-corrected chi connectivity index (χ4v) is 2.51. The molecule has 0 aliphatic rings. The fraction of sp³-hybridized carbons (Fsp3) is 0.286. The van der Waals surface area contributed by atoms with Crippen LogP contribution in [-0.2, 0) is 6.42 Å². The first-order valence-electron chi connectivity index (χ1n) is 5.85. The van der Waals surface area contributed by atoms with Gasteiger partial charge in [-0.1, -0.05) is 17.7 Å². The molecule has 1 aromatic carbocycles. The summed E-state index contributed by atoms with van der Waals surface area (Å²) in [5, 5.41) is 0.561. The Labute approximate surface area is 122 Å². The molecule has 0 aliphatic heterocycles. The number of halogens is 2. The molecule has 2 aromatic rings. The lowest BCUT2D eigenvalue weighted by Gasteiger charge is -2.13. The van der Waals surface area contributed by atoms with Crippen molar-refractivity contribution in [2.24, 2.45) is 0 Å². The van der Waals surface area contributed by atoms with Gasteiger partial charge in [-0.25, -0.2) is 9.97 Å². The van der Waals surface area contributed by atoms with E-state index < -0.39 is 0 Å². The zero-order chi connectivity index (χ0) is 13.8. The number of aryl methyl sites for hydroxylation is 1. The van der Waals surface area contributed by atoms with Crippen LogP contribution in [0.2, 0.25) is 5.02 Å². The van der Waals surface area contributed by atoms with Crippen molar-refractivity contribution < 1.29 is 4.74 Å². The average Bonchev–Trinajstić information content (AvgIpc) is 2.38. The summed E-state index contributed by atoms with van der Waals surface area (Å²) in [7, 11) is 1.58. The Morgan fingerprint density at radius 3 is 2.74 bits per heavy atom. The number of methoxy groups -OCH3 is 1. The Balaban J connectivity index is 2.17. The van der Waals surface area contributed by atoms with Crippen molar-refractivity contribution in [3.63, 3.8) is 0 Å². The molecule has 5 heteroatoms. The molecular formula is C14H14Cl2N2O. The number of hydrogen-bond donors (Lipinski definition) is 0. The quantitative estimate of drug-likeness (QED) is 0.801. The molecule has 0 fully saturated rings. The van der Waals surface area contributed by atoms with Crippen LogP contribution in [0.4, 0.5) is 0 Å². The predicted molar refractivity (Wildman–Crippen MR) is 77.1 cm³/mol. The first-order valence-corrected chi connectivity index (χ1v) is 6.66. The Morgan fingerprint density at radius 1 is 1.26 bits per heavy atom. The van der Waals surface area contributed by atoms with E-state index in [1.807, 2.05) is 25.1 Å². The first-order chi connectivity index (χ1) is 9.10. The summed E-state index contributed by atoms with van der Waals surface area (Å²) in [6, 6.07) is 7.50. The molecule has 1 aromatic heterocycles. The second-order valence-electron chi connectivity index (χ2n) is 4.22. The van der Waals surface area contributed by atoms with Crippen LogP contribution in [0.15, 0.2) is 30.6 Å². The van der Waals surface area contributed by atoms with E-state index in [0.717, 1.165) is 16.8 Å². The summed E-state index contributed by atoms with van der Waals surface area (Å²) in [5.74, 6) is 0.543. The molecular weight excluding hydrogens is 283 g/mol. The summed E-state index contributed by atoms with van der Waals surface area (Å²) in [4.78, 5) is 8.17. The lowest BCUT2D eigenvalue weighted by Crippen LogP contribution is -2.01. The lowest BCUT2D eigenvalue weighted by molar-refractivity contribution is 0.396. The maximum absolute atomic E-state index is 6.45. The molecule has 2 rings (SSSR count). The molecule has 0 saturated carbocycles. The molecule has 0 saturated heterocycles. The van der Waals surface area contributed by atoms with Crippen molar-refractivity contribution in [3.8, 4) is 5.88 Å². The summed E-state index contributed by atoms with van der Waals surface area (Å²) in [5.41, 5.74) is 2.98. The SMILES string of the molecule is COc1cc(CC(Cl)c2ccc(Cl)cc2C)ncn1. The molecule has 0 aliphatic carbocycles. The number of rotatable bonds is 4. The van der Waals surface area contributed by atoms with Crippen molar-refractivity contribution >= 4 is 23.2 Å². The largest absolute Gasteiger partial charge is 0.481 e. The van der Waals surface area contributed by atoms with Crippen molar-refractivity contribution in [2.75, 3.05) is 7.11 Å². The molecule has 1 unspecified atom stereocenters. The van der Waals surface area contributed by atoms with Crippen LogP contribution >= 0.6 is 23.2 Å². The standard InChI is InChI=1S/C14H14Cl2N2O/c1-9-5-10(15)3-4-12(9)13(16)6-11-7-14(19-2)18-8-17-11/h3-5,7-8,13H,6H2,1-2H3. The number of alkyl halides is 1. The lowest BCUT2D eigenvalue weighted by atomic mass is 10.0. The zero-order valence-electron chi connectivity index (χ0n) is 10.7. The predicted octanol–water partition coefficient (Wildman–Crippen LogP) is 3.97. The Morgan fingerprint density at radius 2 is 2.05 bits per heavy atom. The van der Waals surface area contributed by atoms with Gasteiger partial charge in [0.05, 0.1) is 12.5 Å². The second-order valence-corrected chi connectivity index (χ2v) is 5.19. The molecule has 0 bridgehead atoms. The highest BCUT2D eigenvalue weighted by Crippen LogP contribution is 2.29. The van der Waals surface area contributed by atoms with Crippen LogP contribution < -0.4 is 4.74 Å². The minimum atomic E-state index is -0.156. The molecule has 0 N–H and O–H groups in total. The monoisotopic (exact) mass is 296 g/mol. The minimum Gasteiger partial charge on any atom is -0.481 e. The number of nitrogens with zero attached hydrogens (tertiary/aromatic N) is 2. The Kier molecular flexibility index (Phi) is 4.61. The summed E-state index contributed by atoms with van der Waals surface area (Å²) in [6.07, 6.45) is 2.09. The van der Waals surface area contributed by atoms with E-state index in [1.54, 1.807) is 13.2 Å². The number of benzene rings is 1. The van der Waals surface area contributed by atoms with Gasteiger partial charge in [0, 0.05) is 23.2 Å². The molecule has 1 atom stereocenters. The van der Waals surface area contributed by atoms with Gasteiger partial charge in [0.15, 0.2) is 0 Å². The van der Waals surface area contributed by atoms with Gasteiger partial charge in [-0.05, 0) is 30.2 Å². The molecule has 19 heavy (non-hydrogen) atoms. The summed E-state index contributed by atoms with van der Waals surface area (Å²) in [6.45, 7) is 2.00. The topological polar surface area (TPSA) is 35.0 Å². The third-order valence-electron chi connectivity index (χ3n) is 2.87. The average molecular weight is 297 g/mol. The highest BCUT2D eigenvalue weighted by molar-refractivity contribution is 6.30. The number of ether oxygens (including phenoxy) is 1. The van der Waals surface area contributed by atoms with Crippen LogP contribution in [0.1, 0.15) is 22.2 Å². The van der Waals surface area contributed by atoms with Gasteiger partial charge in [-0.3, -0.25) is 0 Å². The maximum Gasteiger partial charge on any atom is 0.216 e. The number of aromatic nitrogens is 2. The highest BCUT2D eigenvalue weighted by atomic mass is 35.5. The van der Waals surface area contributed by atoms with Crippen molar-refractivity contribution in [2.45, 2.75) is 18.7 Å². The fourth-order valence-electron chi connectivity index (χ4n) is 1.88. The number of hydrogen-bond acceptors (Lipinski definition) is 3. The summed E-state index contributed by atoms with van der Waals surface area (Å²) >= 11 is 12.4. The third-order valence-corrected chi connectivity index (χ3v) is 3.49. The van der Waals surface area contributed by atoms with Crippen LogP contribution in [0.25, 0.3) is 0 Å². The Hall–Kier alpha value is -1.32. The van der Waals surface area contributed by atoms with Gasteiger partial charge >= 0.3 is 0 Å². The van der Waals surface area contributed by atoms with Crippen molar-refractivity contribution in [1.29, 1.82) is 0 Å². The molecule has 1 heterocycles. The van der Waals surface area contributed by atoms with Crippen molar-refractivity contribution in [1.82, 2.24) is 9.97 Å². The van der Waals surface area contributed by atoms with E-state index >= 15 is 0 Å². The van der Waals surface area contributed by atoms with Gasteiger partial charge in [-0.15, -0.1) is 11.6 Å². The van der Waals surface area contributed by atoms with Crippen LogP contribution in [0.3, 0.4) is 0 Å². The van der Waals surface area contributed by atoms with Crippen LogP contribution in [0, 0.1) is 6.92 Å². The molecule has 100 valence electrons. The normalized spacial score (nSPS) is 12.2. The van der Waals surface area contributed by atoms with Gasteiger partial charge in [0.25, 0.3) is 0 Å². The maximum atomic E-state index is 6.45. The van der Waals surface area contributed by atoms with E-state index in [1.165, 1.54) is 6.33 Å². The van der Waals surface area contributed by atoms with Gasteiger partial charge in [-0.2, -0.15) is 0 Å². The van der Waals surface area contributed by atoms with Gasteiger partial charge < -0.3 is 4.74 Å². The summed E-state index contributed by atoms with van der Waals surface area (Å²) < 4.78 is 5.07. The van der Waals surface area contributed by atoms with Crippen LogP contribution in [-0.4, -0.2) is 17.1 Å². The van der Waals surface area contributed by atoms with E-state index in [-0.39, 0.29) is 5.38 Å². The van der Waals surface area contributed by atoms with Gasteiger partial charge in [0.2, 0.25) is 5.88 Å². The first kappa shape index (κ1) is 14.1. The molecule has 3 nitrogen and oxygen atoms in total. The molecule has 0 radical (unpaired) electrons. The van der Waals surface area contributed by atoms with E-state index in [2.05, 4.69) is 9.97 Å².